The van der Waals surface area contributed by atoms with Crippen molar-refractivity contribution in [2.24, 2.45) is 0 Å². The van der Waals surface area contributed by atoms with Crippen LogP contribution in [-0.2, 0) is 0 Å². The number of rotatable bonds is 1. The molecule has 0 aliphatic carbocycles. The Labute approximate surface area is 91.8 Å². The Morgan fingerprint density at radius 3 is 2.69 bits per heavy atom. The molecule has 1 aliphatic rings. The van der Waals surface area contributed by atoms with E-state index in [1.807, 2.05) is 18.7 Å². The van der Waals surface area contributed by atoms with Crippen LogP contribution >= 0.6 is 0 Å². The van der Waals surface area contributed by atoms with Gasteiger partial charge >= 0.3 is 6.18 Å². The molecule has 6 heteroatoms. The minimum Gasteiger partial charge on any atom is -0.354 e. The summed E-state index contributed by atoms with van der Waals surface area (Å²) in [7, 11) is 0. The van der Waals surface area contributed by atoms with Gasteiger partial charge in [-0.25, -0.2) is 4.68 Å². The van der Waals surface area contributed by atoms with Crippen LogP contribution in [0.5, 0.6) is 0 Å². The number of hydrogen-bond donors (Lipinski definition) is 0. The lowest BCUT2D eigenvalue weighted by molar-refractivity contribution is -0.172. The monoisotopic (exact) mass is 233 g/mol. The van der Waals surface area contributed by atoms with Crippen LogP contribution in [0.3, 0.4) is 0 Å². The lowest BCUT2D eigenvalue weighted by Gasteiger charge is -2.37. The molecule has 0 bridgehead atoms. The number of hydrogen-bond acceptors (Lipinski definition) is 2. The SMILES string of the molecule is CC(C)N1CCC(C(F)(F)F)n2nccc21. The Morgan fingerprint density at radius 1 is 1.44 bits per heavy atom. The molecule has 0 spiro atoms. The van der Waals surface area contributed by atoms with Gasteiger partial charge in [-0.05, 0) is 20.3 Å². The van der Waals surface area contributed by atoms with Crippen LogP contribution in [0.1, 0.15) is 26.3 Å². The third kappa shape index (κ3) is 1.76. The van der Waals surface area contributed by atoms with Gasteiger partial charge in [0.1, 0.15) is 5.82 Å². The van der Waals surface area contributed by atoms with E-state index >= 15 is 0 Å². The van der Waals surface area contributed by atoms with Crippen molar-refractivity contribution in [2.75, 3.05) is 11.4 Å². The fourth-order valence-corrected chi connectivity index (χ4v) is 2.10. The van der Waals surface area contributed by atoms with Gasteiger partial charge in [0.15, 0.2) is 6.04 Å². The highest BCUT2D eigenvalue weighted by atomic mass is 19.4. The summed E-state index contributed by atoms with van der Waals surface area (Å²) in [6.45, 7) is 4.35. The number of anilines is 1. The van der Waals surface area contributed by atoms with Gasteiger partial charge in [-0.1, -0.05) is 0 Å². The first kappa shape index (κ1) is 11.3. The van der Waals surface area contributed by atoms with Gasteiger partial charge in [0, 0.05) is 18.7 Å². The van der Waals surface area contributed by atoms with E-state index in [2.05, 4.69) is 5.10 Å². The molecule has 1 aromatic heterocycles. The summed E-state index contributed by atoms with van der Waals surface area (Å²) in [6, 6.07) is 0.342. The molecule has 16 heavy (non-hydrogen) atoms. The highest BCUT2D eigenvalue weighted by Gasteiger charge is 2.45. The second kappa shape index (κ2) is 3.68. The van der Waals surface area contributed by atoms with Gasteiger partial charge in [-0.2, -0.15) is 18.3 Å². The fourth-order valence-electron chi connectivity index (χ4n) is 2.10. The number of fused-ring (bicyclic) bond motifs is 1. The van der Waals surface area contributed by atoms with Crippen molar-refractivity contribution in [2.45, 2.75) is 38.5 Å². The maximum atomic E-state index is 12.7. The minimum absolute atomic E-state index is 0.0658. The van der Waals surface area contributed by atoms with E-state index in [9.17, 15) is 13.2 Å². The molecule has 1 atom stereocenters. The van der Waals surface area contributed by atoms with Crippen LogP contribution in [0.15, 0.2) is 12.3 Å². The normalized spacial score (nSPS) is 21.4. The maximum absolute atomic E-state index is 12.7. The number of aromatic nitrogens is 2. The van der Waals surface area contributed by atoms with Crippen LogP contribution in [0.25, 0.3) is 0 Å². The summed E-state index contributed by atoms with van der Waals surface area (Å²) in [4.78, 5) is 1.94. The van der Waals surface area contributed by atoms with Gasteiger partial charge < -0.3 is 4.90 Å². The molecule has 2 rings (SSSR count). The second-order valence-corrected chi connectivity index (χ2v) is 4.27. The molecule has 0 fully saturated rings. The van der Waals surface area contributed by atoms with E-state index in [-0.39, 0.29) is 12.5 Å². The summed E-state index contributed by atoms with van der Waals surface area (Å²) in [6.07, 6.45) is -2.73. The van der Waals surface area contributed by atoms with E-state index < -0.39 is 12.2 Å². The Balaban J connectivity index is 2.36. The molecule has 0 aromatic carbocycles. The first-order valence-electron chi connectivity index (χ1n) is 5.28. The molecule has 0 amide bonds. The van der Waals surface area contributed by atoms with Crippen molar-refractivity contribution in [1.82, 2.24) is 9.78 Å². The zero-order valence-corrected chi connectivity index (χ0v) is 9.20. The molecule has 1 aliphatic heterocycles. The van der Waals surface area contributed by atoms with Crippen molar-refractivity contribution >= 4 is 5.82 Å². The van der Waals surface area contributed by atoms with Crippen LogP contribution in [0.2, 0.25) is 0 Å². The Hall–Kier alpha value is -1.20. The summed E-state index contributed by atoms with van der Waals surface area (Å²) >= 11 is 0. The predicted molar refractivity (Wildman–Crippen MR) is 54.4 cm³/mol. The highest BCUT2D eigenvalue weighted by Crippen LogP contribution is 2.39. The molecule has 0 saturated carbocycles. The van der Waals surface area contributed by atoms with Crippen LogP contribution in [0, 0.1) is 0 Å². The van der Waals surface area contributed by atoms with Crippen LogP contribution in [0.4, 0.5) is 19.0 Å². The predicted octanol–water partition coefficient (Wildman–Crippen LogP) is 2.61. The Bertz CT molecular complexity index is 370. The van der Waals surface area contributed by atoms with Crippen LogP contribution in [-0.4, -0.2) is 28.5 Å². The highest BCUT2D eigenvalue weighted by molar-refractivity contribution is 5.41. The Kier molecular flexibility index (Phi) is 2.59. The van der Waals surface area contributed by atoms with Gasteiger partial charge in [-0.15, -0.1) is 0 Å². The van der Waals surface area contributed by atoms with Crippen LogP contribution < -0.4 is 4.90 Å². The summed E-state index contributed by atoms with van der Waals surface area (Å²) in [5.41, 5.74) is 0. The van der Waals surface area contributed by atoms with Crippen molar-refractivity contribution in [3.63, 3.8) is 0 Å². The second-order valence-electron chi connectivity index (χ2n) is 4.27. The fraction of sp³-hybridized carbons (Fsp3) is 0.700. The van der Waals surface area contributed by atoms with Crippen molar-refractivity contribution in [3.8, 4) is 0 Å². The number of halogens is 3. The smallest absolute Gasteiger partial charge is 0.354 e. The van der Waals surface area contributed by atoms with Gasteiger partial charge in [0.25, 0.3) is 0 Å². The van der Waals surface area contributed by atoms with E-state index in [0.717, 1.165) is 4.68 Å². The third-order valence-corrected chi connectivity index (χ3v) is 2.88. The largest absolute Gasteiger partial charge is 0.410 e. The lowest BCUT2D eigenvalue weighted by Crippen LogP contribution is -2.43. The molecule has 2 heterocycles. The van der Waals surface area contributed by atoms with E-state index in [1.54, 1.807) is 6.07 Å². The minimum atomic E-state index is -4.22. The van der Waals surface area contributed by atoms with E-state index in [1.165, 1.54) is 6.20 Å². The third-order valence-electron chi connectivity index (χ3n) is 2.88. The molecule has 1 unspecified atom stereocenters. The van der Waals surface area contributed by atoms with Gasteiger partial charge in [0.05, 0.1) is 6.20 Å². The summed E-state index contributed by atoms with van der Waals surface area (Å²) in [5, 5.41) is 3.79. The first-order chi connectivity index (χ1) is 7.41. The zero-order chi connectivity index (χ0) is 11.9. The van der Waals surface area contributed by atoms with Gasteiger partial charge in [0.2, 0.25) is 0 Å². The van der Waals surface area contributed by atoms with E-state index in [0.29, 0.717) is 12.4 Å². The summed E-state index contributed by atoms with van der Waals surface area (Å²) < 4.78 is 39.3. The quantitative estimate of drug-likeness (QED) is 0.743. The van der Waals surface area contributed by atoms with E-state index in [4.69, 9.17) is 0 Å². The molecular formula is C10H14F3N3. The number of alkyl halides is 3. The molecule has 0 saturated heterocycles. The number of nitrogens with zero attached hydrogens (tertiary/aromatic N) is 3. The molecule has 90 valence electrons. The topological polar surface area (TPSA) is 21.1 Å². The molecular weight excluding hydrogens is 219 g/mol. The first-order valence-corrected chi connectivity index (χ1v) is 5.28. The lowest BCUT2D eigenvalue weighted by atomic mass is 10.1. The Morgan fingerprint density at radius 2 is 2.12 bits per heavy atom. The average molecular weight is 233 g/mol. The van der Waals surface area contributed by atoms with Crippen molar-refractivity contribution in [1.29, 1.82) is 0 Å². The molecule has 3 nitrogen and oxygen atoms in total. The molecule has 0 N–H and O–H groups in total. The summed E-state index contributed by atoms with van der Waals surface area (Å²) in [5.74, 6) is 0.559. The van der Waals surface area contributed by atoms with Crippen molar-refractivity contribution < 1.29 is 13.2 Å². The van der Waals surface area contributed by atoms with Crippen molar-refractivity contribution in [3.05, 3.63) is 12.3 Å². The average Bonchev–Trinajstić information content (AvgIpc) is 2.61. The van der Waals surface area contributed by atoms with Gasteiger partial charge in [-0.3, -0.25) is 0 Å². The standard InChI is InChI=1S/C10H14F3N3/c1-7(2)15-6-4-8(10(11,12)13)16-9(15)3-5-14-16/h3,5,7-8H,4,6H2,1-2H3. The molecule has 1 aromatic rings. The maximum Gasteiger partial charge on any atom is 0.410 e. The molecule has 0 radical (unpaired) electrons. The zero-order valence-electron chi connectivity index (χ0n) is 9.20.